The number of fused-ring (bicyclic) bond motifs is 2. The number of H-pyrrole nitrogens is 1. The lowest BCUT2D eigenvalue weighted by Gasteiger charge is -2.05. The van der Waals surface area contributed by atoms with Gasteiger partial charge in [-0.2, -0.15) is 4.98 Å². The van der Waals surface area contributed by atoms with Gasteiger partial charge in [-0.3, -0.25) is 4.57 Å². The van der Waals surface area contributed by atoms with E-state index in [0.29, 0.717) is 24.0 Å². The third-order valence-electron chi connectivity index (χ3n) is 5.00. The Kier molecular flexibility index (Phi) is 6.38. The zero-order valence-corrected chi connectivity index (χ0v) is 18.5. The van der Waals surface area contributed by atoms with E-state index in [4.69, 9.17) is 4.74 Å². The van der Waals surface area contributed by atoms with Crippen molar-refractivity contribution in [2.24, 2.45) is 0 Å². The Bertz CT molecular complexity index is 1370. The molecule has 9 heteroatoms. The molecule has 0 amide bonds. The highest BCUT2D eigenvalue weighted by molar-refractivity contribution is 5.85. The van der Waals surface area contributed by atoms with Crippen molar-refractivity contribution in [3.63, 3.8) is 0 Å². The number of hydrogen-bond acceptors (Lipinski definition) is 4. The molecule has 0 bridgehead atoms. The molecular formula is C22H21Cl2N5O2. The smallest absolute Gasteiger partial charge is 0.334 e. The monoisotopic (exact) mass is 457 g/mol. The third kappa shape index (κ3) is 3.78. The molecule has 0 aliphatic rings. The average Bonchev–Trinajstić information content (AvgIpc) is 3.26. The predicted molar refractivity (Wildman–Crippen MR) is 126 cm³/mol. The molecule has 0 unspecified atom stereocenters. The summed E-state index contributed by atoms with van der Waals surface area (Å²) in [5.41, 5.74) is 4.94. The topological polar surface area (TPSA) is 77.7 Å². The van der Waals surface area contributed by atoms with Crippen LogP contribution in [0.2, 0.25) is 0 Å². The molecule has 31 heavy (non-hydrogen) atoms. The fraction of sp³-hybridized carbons (Fsp3) is 0.136. The molecule has 1 N–H and O–H groups in total. The van der Waals surface area contributed by atoms with E-state index < -0.39 is 0 Å². The van der Waals surface area contributed by atoms with E-state index in [0.717, 1.165) is 27.8 Å². The van der Waals surface area contributed by atoms with Crippen molar-refractivity contribution in [1.29, 1.82) is 0 Å². The average molecular weight is 458 g/mol. The van der Waals surface area contributed by atoms with Crippen LogP contribution in [0.4, 0.5) is 0 Å². The lowest BCUT2D eigenvalue weighted by molar-refractivity contribution is 0.449. The molecular weight excluding hydrogens is 437 g/mol. The number of aryl methyl sites for hydroxylation is 2. The number of imidazole rings is 2. The second-order valence-corrected chi connectivity index (χ2v) is 6.82. The molecule has 0 spiro atoms. The van der Waals surface area contributed by atoms with Crippen LogP contribution in [0.3, 0.4) is 0 Å². The maximum atomic E-state index is 13.0. The quantitative estimate of drug-likeness (QED) is 0.410. The highest BCUT2D eigenvalue weighted by Crippen LogP contribution is 2.24. The van der Waals surface area contributed by atoms with Gasteiger partial charge in [-0.15, -0.1) is 24.8 Å². The zero-order chi connectivity index (χ0) is 20.0. The number of rotatable bonds is 4. The van der Waals surface area contributed by atoms with Gasteiger partial charge in [-0.05, 0) is 61.9 Å². The number of hydrogen-bond donors (Lipinski definition) is 1. The molecule has 0 saturated heterocycles. The number of para-hydroxylation sites is 2. The van der Waals surface area contributed by atoms with Crippen molar-refractivity contribution in [3.05, 3.63) is 76.8 Å². The number of ether oxygens (including phenoxy) is 1. The Morgan fingerprint density at radius 2 is 1.77 bits per heavy atom. The Hall–Kier alpha value is -3.29. The van der Waals surface area contributed by atoms with Crippen molar-refractivity contribution in [3.8, 4) is 17.4 Å². The van der Waals surface area contributed by atoms with Crippen LogP contribution < -0.4 is 10.4 Å². The Morgan fingerprint density at radius 1 is 1.03 bits per heavy atom. The molecule has 3 aromatic heterocycles. The SMILES string of the molecule is CCn1c(=O)n(-c2ccc(Oc3nc4ccccc4[nH]3)cc2)c2nccc(C)c21.Cl.Cl. The van der Waals surface area contributed by atoms with Crippen molar-refractivity contribution in [2.45, 2.75) is 20.4 Å². The zero-order valence-electron chi connectivity index (χ0n) is 16.9. The van der Waals surface area contributed by atoms with E-state index in [1.165, 1.54) is 0 Å². The number of pyridine rings is 1. The minimum Gasteiger partial charge on any atom is -0.426 e. The molecule has 0 atom stereocenters. The van der Waals surface area contributed by atoms with Gasteiger partial charge in [-0.25, -0.2) is 14.3 Å². The molecule has 5 rings (SSSR count). The maximum Gasteiger partial charge on any atom is 0.334 e. The fourth-order valence-corrected chi connectivity index (χ4v) is 3.62. The molecule has 160 valence electrons. The summed E-state index contributed by atoms with van der Waals surface area (Å²) in [6.45, 7) is 4.54. The van der Waals surface area contributed by atoms with Crippen LogP contribution in [0.25, 0.3) is 27.9 Å². The number of nitrogens with zero attached hydrogens (tertiary/aromatic N) is 4. The van der Waals surface area contributed by atoms with E-state index in [2.05, 4.69) is 15.0 Å². The summed E-state index contributed by atoms with van der Waals surface area (Å²) < 4.78 is 9.22. The van der Waals surface area contributed by atoms with E-state index >= 15 is 0 Å². The third-order valence-corrected chi connectivity index (χ3v) is 5.00. The van der Waals surface area contributed by atoms with Crippen molar-refractivity contribution < 1.29 is 4.74 Å². The first kappa shape index (κ1) is 22.4. The molecule has 0 aliphatic heterocycles. The van der Waals surface area contributed by atoms with Crippen LogP contribution in [-0.2, 0) is 6.54 Å². The highest BCUT2D eigenvalue weighted by atomic mass is 35.5. The molecule has 2 aromatic carbocycles. The second kappa shape index (κ2) is 8.83. The van der Waals surface area contributed by atoms with Crippen molar-refractivity contribution in [2.75, 3.05) is 0 Å². The van der Waals surface area contributed by atoms with Crippen LogP contribution in [0.5, 0.6) is 11.8 Å². The van der Waals surface area contributed by atoms with Gasteiger partial charge in [0.25, 0.3) is 6.01 Å². The van der Waals surface area contributed by atoms with Gasteiger partial charge >= 0.3 is 5.69 Å². The molecule has 0 saturated carbocycles. The maximum absolute atomic E-state index is 13.0. The first-order valence-corrected chi connectivity index (χ1v) is 9.45. The minimum absolute atomic E-state index is 0. The lowest BCUT2D eigenvalue weighted by atomic mass is 10.2. The van der Waals surface area contributed by atoms with Crippen LogP contribution >= 0.6 is 24.8 Å². The van der Waals surface area contributed by atoms with Gasteiger partial charge in [0.15, 0.2) is 5.65 Å². The van der Waals surface area contributed by atoms with Gasteiger partial charge in [0.1, 0.15) is 5.75 Å². The number of halogens is 2. The number of nitrogens with one attached hydrogen (secondary N) is 1. The standard InChI is InChI=1S/C22H19N5O2.2ClH/c1-3-26-19-14(2)12-13-23-20(19)27(22(26)28)15-8-10-16(11-9-15)29-21-24-17-6-4-5-7-18(17)25-21;;/h4-13H,3H2,1-2H3,(H,24,25);2*1H. The Labute approximate surface area is 190 Å². The summed E-state index contributed by atoms with van der Waals surface area (Å²) >= 11 is 0. The molecule has 0 radical (unpaired) electrons. The first-order valence-electron chi connectivity index (χ1n) is 9.45. The summed E-state index contributed by atoms with van der Waals surface area (Å²) in [7, 11) is 0. The normalized spacial score (nSPS) is 10.6. The van der Waals surface area contributed by atoms with Crippen LogP contribution in [0.15, 0.2) is 65.6 Å². The van der Waals surface area contributed by atoms with Gasteiger partial charge < -0.3 is 9.72 Å². The largest absolute Gasteiger partial charge is 0.426 e. The summed E-state index contributed by atoms with van der Waals surface area (Å²) in [6, 6.07) is 17.4. The highest BCUT2D eigenvalue weighted by Gasteiger charge is 2.16. The first-order chi connectivity index (χ1) is 14.2. The summed E-state index contributed by atoms with van der Waals surface area (Å²) in [6.07, 6.45) is 1.73. The predicted octanol–water partition coefficient (Wildman–Crippen LogP) is 5.03. The summed E-state index contributed by atoms with van der Waals surface area (Å²) in [5, 5.41) is 0. The van der Waals surface area contributed by atoms with Crippen molar-refractivity contribution >= 4 is 47.0 Å². The second-order valence-electron chi connectivity index (χ2n) is 6.82. The van der Waals surface area contributed by atoms with Gasteiger partial charge in [-0.1, -0.05) is 12.1 Å². The fourth-order valence-electron chi connectivity index (χ4n) is 3.62. The van der Waals surface area contributed by atoms with Crippen molar-refractivity contribution in [1.82, 2.24) is 24.1 Å². The molecule has 7 nitrogen and oxygen atoms in total. The molecule has 0 aliphatic carbocycles. The molecule has 5 aromatic rings. The summed E-state index contributed by atoms with van der Waals surface area (Å²) in [5.74, 6) is 0.629. The molecule has 3 heterocycles. The Balaban J connectivity index is 0.00000136. The minimum atomic E-state index is -0.102. The van der Waals surface area contributed by atoms with E-state index in [1.807, 2.05) is 68.4 Å². The van der Waals surface area contributed by atoms with E-state index in [1.54, 1.807) is 15.3 Å². The van der Waals surface area contributed by atoms with Crippen LogP contribution in [0.1, 0.15) is 12.5 Å². The lowest BCUT2D eigenvalue weighted by Crippen LogP contribution is -2.22. The number of aromatic amines is 1. The molecule has 0 fully saturated rings. The van der Waals surface area contributed by atoms with E-state index in [9.17, 15) is 4.79 Å². The van der Waals surface area contributed by atoms with Crippen LogP contribution in [-0.4, -0.2) is 24.1 Å². The van der Waals surface area contributed by atoms with Crippen LogP contribution in [0, 0.1) is 6.92 Å². The summed E-state index contributed by atoms with van der Waals surface area (Å²) in [4.78, 5) is 25.0. The van der Waals surface area contributed by atoms with Gasteiger partial charge in [0, 0.05) is 12.7 Å². The number of benzene rings is 2. The van der Waals surface area contributed by atoms with E-state index in [-0.39, 0.29) is 30.5 Å². The number of aromatic nitrogens is 5. The van der Waals surface area contributed by atoms with Gasteiger partial charge in [0.2, 0.25) is 0 Å². The Morgan fingerprint density at radius 3 is 2.48 bits per heavy atom. The van der Waals surface area contributed by atoms with Gasteiger partial charge in [0.05, 0.1) is 22.2 Å².